The molecule has 0 radical (unpaired) electrons. The molecule has 0 fully saturated rings. The van der Waals surface area contributed by atoms with Gasteiger partial charge in [0, 0.05) is 12.5 Å². The van der Waals surface area contributed by atoms with Gasteiger partial charge in [-0.3, -0.25) is 4.84 Å². The number of hydroxylamine groups is 2. The summed E-state index contributed by atoms with van der Waals surface area (Å²) in [4.78, 5) is 7.14. The first-order valence-corrected chi connectivity index (χ1v) is 13.5. The van der Waals surface area contributed by atoms with E-state index in [-0.39, 0.29) is 12.1 Å². The van der Waals surface area contributed by atoms with Crippen molar-refractivity contribution in [3.63, 3.8) is 0 Å². The van der Waals surface area contributed by atoms with Gasteiger partial charge in [-0.05, 0) is 71.9 Å². The summed E-state index contributed by atoms with van der Waals surface area (Å²) in [6.45, 7) is 0.762. The second-order valence-corrected chi connectivity index (χ2v) is 10.3. The lowest BCUT2D eigenvalue weighted by Gasteiger charge is -2.41. The van der Waals surface area contributed by atoms with Crippen molar-refractivity contribution in [2.45, 2.75) is 63.1 Å². The fourth-order valence-corrected chi connectivity index (χ4v) is 6.32. The Morgan fingerprint density at radius 2 is 1.22 bits per heavy atom. The summed E-state index contributed by atoms with van der Waals surface area (Å²) in [6.07, 6.45) is 7.02. The summed E-state index contributed by atoms with van der Waals surface area (Å²) in [5, 5.41) is 2.34. The molecule has 4 aromatic carbocycles. The Balaban J connectivity index is 1.43. The average molecular weight is 474 g/mol. The van der Waals surface area contributed by atoms with Gasteiger partial charge in [0.1, 0.15) is 6.10 Å². The predicted molar refractivity (Wildman–Crippen MR) is 146 cm³/mol. The monoisotopic (exact) mass is 473 g/mol. The molecule has 2 nitrogen and oxygen atoms in total. The largest absolute Gasteiger partial charge is 0.290 e. The second-order valence-electron chi connectivity index (χ2n) is 10.3. The summed E-state index contributed by atoms with van der Waals surface area (Å²) in [7, 11) is 0. The first kappa shape index (κ1) is 23.2. The lowest BCUT2D eigenvalue weighted by molar-refractivity contribution is -0.241. The third-order valence-electron chi connectivity index (χ3n) is 8.01. The number of rotatable bonds is 7. The molecule has 0 N–H and O–H groups in total. The average Bonchev–Trinajstić information content (AvgIpc) is 2.95. The minimum absolute atomic E-state index is 0.0868. The fourth-order valence-electron chi connectivity index (χ4n) is 6.32. The van der Waals surface area contributed by atoms with E-state index >= 15 is 0 Å². The molecule has 0 heterocycles. The lowest BCUT2D eigenvalue weighted by Crippen LogP contribution is -2.36. The first-order chi connectivity index (χ1) is 17.9. The molecule has 0 aliphatic heterocycles. The number of fused-ring (bicyclic) bond motifs is 2. The summed E-state index contributed by atoms with van der Waals surface area (Å²) in [5.41, 5.74) is 8.40. The third-order valence-corrected chi connectivity index (χ3v) is 8.01. The number of hydrogen-bond acceptors (Lipinski definition) is 2. The molecule has 36 heavy (non-hydrogen) atoms. The van der Waals surface area contributed by atoms with Crippen LogP contribution in [-0.4, -0.2) is 5.06 Å². The lowest BCUT2D eigenvalue weighted by atomic mass is 9.76. The molecule has 3 atom stereocenters. The van der Waals surface area contributed by atoms with Crippen LogP contribution in [0.2, 0.25) is 0 Å². The zero-order valence-corrected chi connectivity index (χ0v) is 20.9. The van der Waals surface area contributed by atoms with E-state index in [9.17, 15) is 0 Å². The molecule has 2 aliphatic rings. The van der Waals surface area contributed by atoms with Crippen molar-refractivity contribution in [3.05, 3.63) is 143 Å². The number of hydrogen-bond donors (Lipinski definition) is 0. The van der Waals surface area contributed by atoms with E-state index in [0.717, 1.165) is 19.4 Å². The molecule has 0 saturated heterocycles. The van der Waals surface area contributed by atoms with E-state index in [1.54, 1.807) is 0 Å². The van der Waals surface area contributed by atoms with Crippen molar-refractivity contribution in [1.29, 1.82) is 0 Å². The molecule has 3 unspecified atom stereocenters. The van der Waals surface area contributed by atoms with Crippen molar-refractivity contribution in [2.24, 2.45) is 0 Å². The number of nitrogens with zero attached hydrogens (tertiary/aromatic N) is 1. The summed E-state index contributed by atoms with van der Waals surface area (Å²) < 4.78 is 0. The van der Waals surface area contributed by atoms with Crippen molar-refractivity contribution in [1.82, 2.24) is 5.06 Å². The maximum atomic E-state index is 7.14. The zero-order chi connectivity index (χ0) is 24.2. The number of benzene rings is 4. The summed E-state index contributed by atoms with van der Waals surface area (Å²) in [6, 6.07) is 39.9. The van der Waals surface area contributed by atoms with Crippen LogP contribution >= 0.6 is 0 Å². The second kappa shape index (κ2) is 10.8. The maximum Gasteiger partial charge on any atom is 0.105 e. The van der Waals surface area contributed by atoms with Crippen LogP contribution in [0.15, 0.2) is 109 Å². The normalized spacial score (nSPS) is 19.9. The van der Waals surface area contributed by atoms with Gasteiger partial charge in [0.05, 0.1) is 6.04 Å². The van der Waals surface area contributed by atoms with Gasteiger partial charge in [0.2, 0.25) is 0 Å². The molecule has 0 aromatic heterocycles. The summed E-state index contributed by atoms with van der Waals surface area (Å²) >= 11 is 0. The van der Waals surface area contributed by atoms with Gasteiger partial charge in [0.25, 0.3) is 0 Å². The Morgan fingerprint density at radius 1 is 0.639 bits per heavy atom. The molecular formula is C34H35NO. The molecule has 0 saturated carbocycles. The Hall–Kier alpha value is -3.20. The van der Waals surface area contributed by atoms with Gasteiger partial charge in [-0.15, -0.1) is 0 Å². The Morgan fingerprint density at radius 3 is 1.97 bits per heavy atom. The quantitative estimate of drug-likeness (QED) is 0.250. The van der Waals surface area contributed by atoms with Gasteiger partial charge in [0.15, 0.2) is 0 Å². The highest BCUT2D eigenvalue weighted by molar-refractivity contribution is 5.37. The third kappa shape index (κ3) is 4.89. The minimum atomic E-state index is 0.0868. The molecular weight excluding hydrogens is 438 g/mol. The van der Waals surface area contributed by atoms with Crippen LogP contribution in [0.4, 0.5) is 0 Å². The van der Waals surface area contributed by atoms with Gasteiger partial charge < -0.3 is 0 Å². The van der Waals surface area contributed by atoms with Crippen LogP contribution in [0.3, 0.4) is 0 Å². The van der Waals surface area contributed by atoms with Gasteiger partial charge in [-0.1, -0.05) is 109 Å². The van der Waals surface area contributed by atoms with E-state index in [1.165, 1.54) is 59.1 Å². The highest BCUT2D eigenvalue weighted by Crippen LogP contribution is 2.46. The Labute approximate surface area is 215 Å². The van der Waals surface area contributed by atoms with E-state index in [1.807, 2.05) is 0 Å². The maximum absolute atomic E-state index is 7.14. The molecule has 182 valence electrons. The van der Waals surface area contributed by atoms with E-state index in [4.69, 9.17) is 4.84 Å². The first-order valence-electron chi connectivity index (χ1n) is 13.5. The molecule has 6 rings (SSSR count). The van der Waals surface area contributed by atoms with Crippen LogP contribution in [0, 0.1) is 0 Å². The summed E-state index contributed by atoms with van der Waals surface area (Å²) in [5.74, 6) is 0.389. The Bertz CT molecular complexity index is 1270. The fraction of sp³-hybridized carbons (Fsp3) is 0.294. The molecule has 0 spiro atoms. The number of aryl methyl sites for hydroxylation is 2. The molecule has 0 amide bonds. The van der Waals surface area contributed by atoms with Crippen LogP contribution < -0.4 is 0 Å². The van der Waals surface area contributed by atoms with Crippen molar-refractivity contribution in [3.8, 4) is 0 Å². The topological polar surface area (TPSA) is 12.5 Å². The van der Waals surface area contributed by atoms with Gasteiger partial charge >= 0.3 is 0 Å². The molecule has 4 aromatic rings. The van der Waals surface area contributed by atoms with Crippen molar-refractivity contribution >= 4 is 0 Å². The Kier molecular flexibility index (Phi) is 6.98. The molecule has 2 heteroatoms. The zero-order valence-electron chi connectivity index (χ0n) is 20.9. The highest BCUT2D eigenvalue weighted by atomic mass is 16.7. The van der Waals surface area contributed by atoms with Gasteiger partial charge in [-0.2, -0.15) is 5.06 Å². The van der Waals surface area contributed by atoms with E-state index in [2.05, 4.69) is 114 Å². The molecule has 0 bridgehead atoms. The smallest absolute Gasteiger partial charge is 0.105 e. The standard InChI is InChI=1S/C34H35NO/c1-3-13-26(14-4-1)25-35(36-33-24-12-20-28-16-8-10-22-31(28)33)34(29-17-5-2-6-18-29)32-23-11-19-27-15-7-9-21-30(27)32/h1-10,13-18,21-22,32-34H,11-12,19-20,23-25H2. The van der Waals surface area contributed by atoms with Crippen LogP contribution in [0.25, 0.3) is 0 Å². The molecule has 2 aliphatic carbocycles. The van der Waals surface area contributed by atoms with Crippen LogP contribution in [-0.2, 0) is 24.2 Å². The van der Waals surface area contributed by atoms with E-state index < -0.39 is 0 Å². The highest BCUT2D eigenvalue weighted by Gasteiger charge is 2.36. The van der Waals surface area contributed by atoms with Gasteiger partial charge in [-0.25, -0.2) is 0 Å². The van der Waals surface area contributed by atoms with E-state index in [0.29, 0.717) is 5.92 Å². The van der Waals surface area contributed by atoms with Crippen molar-refractivity contribution < 1.29 is 4.84 Å². The van der Waals surface area contributed by atoms with Crippen molar-refractivity contribution in [2.75, 3.05) is 0 Å². The van der Waals surface area contributed by atoms with Crippen LogP contribution in [0.1, 0.15) is 77.1 Å². The predicted octanol–water partition coefficient (Wildman–Crippen LogP) is 8.36. The SMILES string of the molecule is c1ccc(CN(OC2CCCc3ccccc32)C(c2ccccc2)C2CCCc3ccccc32)cc1. The van der Waals surface area contributed by atoms with Crippen LogP contribution in [0.5, 0.6) is 0 Å². The minimum Gasteiger partial charge on any atom is -0.290 e.